The van der Waals surface area contributed by atoms with Gasteiger partial charge in [0, 0.05) is 6.92 Å². The van der Waals surface area contributed by atoms with E-state index in [9.17, 15) is 13.2 Å². The molecule has 0 aliphatic rings. The molecule has 2 aromatic carbocycles. The summed E-state index contributed by atoms with van der Waals surface area (Å²) in [6.07, 6.45) is 0. The first-order chi connectivity index (χ1) is 11.6. The summed E-state index contributed by atoms with van der Waals surface area (Å²) >= 11 is 0. The van der Waals surface area contributed by atoms with Gasteiger partial charge in [0.2, 0.25) is 5.91 Å². The number of anilines is 1. The highest BCUT2D eigenvalue weighted by atomic mass is 32.2. The molecule has 0 unspecified atom stereocenters. The van der Waals surface area contributed by atoms with Gasteiger partial charge in [-0.1, -0.05) is 17.7 Å². The number of rotatable bonds is 5. The standard InChI is InChI=1S/C18H21NO5S/c1-11-8-12(2)18(13(3)9-11)24-25(21,22)15-6-7-17(23-5)16(10-15)19-14(4)20/h6-10H,1-5H3,(H,19,20). The maximum atomic E-state index is 12.7. The summed E-state index contributed by atoms with van der Waals surface area (Å²) < 4.78 is 35.8. The molecule has 25 heavy (non-hydrogen) atoms. The Bertz CT molecular complexity index is 896. The summed E-state index contributed by atoms with van der Waals surface area (Å²) in [5.41, 5.74) is 2.75. The largest absolute Gasteiger partial charge is 0.495 e. The van der Waals surface area contributed by atoms with Crippen LogP contribution >= 0.6 is 0 Å². The molecule has 0 spiro atoms. The Morgan fingerprint density at radius 3 is 2.16 bits per heavy atom. The quantitative estimate of drug-likeness (QED) is 0.824. The minimum atomic E-state index is -4.06. The van der Waals surface area contributed by atoms with Crippen molar-refractivity contribution in [3.8, 4) is 11.5 Å². The summed E-state index contributed by atoms with van der Waals surface area (Å²) in [6, 6.07) is 7.87. The molecule has 0 atom stereocenters. The van der Waals surface area contributed by atoms with Crippen LogP contribution in [0.3, 0.4) is 0 Å². The lowest BCUT2D eigenvalue weighted by molar-refractivity contribution is -0.114. The highest BCUT2D eigenvalue weighted by Crippen LogP contribution is 2.31. The molecule has 0 fully saturated rings. The van der Waals surface area contributed by atoms with Crippen LogP contribution in [0.1, 0.15) is 23.6 Å². The van der Waals surface area contributed by atoms with Crippen molar-refractivity contribution < 1.29 is 22.1 Å². The fourth-order valence-electron chi connectivity index (χ4n) is 2.59. The lowest BCUT2D eigenvalue weighted by Crippen LogP contribution is -2.13. The van der Waals surface area contributed by atoms with Gasteiger partial charge in [-0.3, -0.25) is 4.79 Å². The van der Waals surface area contributed by atoms with Gasteiger partial charge in [0.1, 0.15) is 16.4 Å². The molecule has 6 nitrogen and oxygen atoms in total. The summed E-state index contributed by atoms with van der Waals surface area (Å²) in [4.78, 5) is 11.2. The Labute approximate surface area is 147 Å². The van der Waals surface area contributed by atoms with E-state index < -0.39 is 10.1 Å². The van der Waals surface area contributed by atoms with Crippen LogP contribution in [0.4, 0.5) is 5.69 Å². The monoisotopic (exact) mass is 363 g/mol. The summed E-state index contributed by atoms with van der Waals surface area (Å²) in [5, 5.41) is 2.55. The third kappa shape index (κ3) is 4.30. The zero-order chi connectivity index (χ0) is 18.8. The van der Waals surface area contributed by atoms with E-state index >= 15 is 0 Å². The molecule has 0 aliphatic carbocycles. The maximum Gasteiger partial charge on any atom is 0.339 e. The Morgan fingerprint density at radius 1 is 1.04 bits per heavy atom. The van der Waals surface area contributed by atoms with E-state index in [4.69, 9.17) is 8.92 Å². The molecule has 1 amide bonds. The highest BCUT2D eigenvalue weighted by Gasteiger charge is 2.21. The average molecular weight is 363 g/mol. The third-order valence-corrected chi connectivity index (χ3v) is 4.79. The zero-order valence-electron chi connectivity index (χ0n) is 14.8. The minimum absolute atomic E-state index is 0.0728. The Hall–Kier alpha value is -2.54. The van der Waals surface area contributed by atoms with Gasteiger partial charge in [0.05, 0.1) is 12.8 Å². The molecule has 0 saturated carbocycles. The summed E-state index contributed by atoms with van der Waals surface area (Å²) in [7, 11) is -2.63. The molecule has 2 aromatic rings. The minimum Gasteiger partial charge on any atom is -0.495 e. The van der Waals surface area contributed by atoms with Crippen LogP contribution in [-0.2, 0) is 14.9 Å². The maximum absolute atomic E-state index is 12.7. The van der Waals surface area contributed by atoms with E-state index in [1.807, 2.05) is 19.1 Å². The molecule has 1 N–H and O–H groups in total. The van der Waals surface area contributed by atoms with E-state index in [0.717, 1.165) is 16.7 Å². The predicted octanol–water partition coefficient (Wildman–Crippen LogP) is 3.35. The molecular weight excluding hydrogens is 342 g/mol. The van der Waals surface area contributed by atoms with Crippen molar-refractivity contribution in [3.05, 3.63) is 47.0 Å². The van der Waals surface area contributed by atoms with Crippen molar-refractivity contribution in [1.82, 2.24) is 0 Å². The second-order valence-corrected chi connectivity index (χ2v) is 7.35. The van der Waals surface area contributed by atoms with Crippen molar-refractivity contribution in [1.29, 1.82) is 0 Å². The van der Waals surface area contributed by atoms with Crippen LogP contribution in [0.2, 0.25) is 0 Å². The van der Waals surface area contributed by atoms with Crippen molar-refractivity contribution in [2.24, 2.45) is 0 Å². The third-order valence-electron chi connectivity index (χ3n) is 3.57. The number of aryl methyl sites for hydroxylation is 3. The number of carbonyl (C=O) groups is 1. The van der Waals surface area contributed by atoms with Gasteiger partial charge in [0.25, 0.3) is 0 Å². The molecule has 2 rings (SSSR count). The van der Waals surface area contributed by atoms with E-state index in [-0.39, 0.29) is 16.5 Å². The number of methoxy groups -OCH3 is 1. The number of carbonyl (C=O) groups excluding carboxylic acids is 1. The number of ether oxygens (including phenoxy) is 1. The molecule has 0 aliphatic heterocycles. The van der Waals surface area contributed by atoms with Crippen LogP contribution in [0.5, 0.6) is 11.5 Å². The van der Waals surface area contributed by atoms with E-state index in [0.29, 0.717) is 11.5 Å². The predicted molar refractivity (Wildman–Crippen MR) is 95.8 cm³/mol. The van der Waals surface area contributed by atoms with Crippen molar-refractivity contribution >= 4 is 21.7 Å². The summed E-state index contributed by atoms with van der Waals surface area (Å²) in [6.45, 7) is 6.85. The van der Waals surface area contributed by atoms with Crippen LogP contribution < -0.4 is 14.2 Å². The Kier molecular flexibility index (Phi) is 5.37. The van der Waals surface area contributed by atoms with Gasteiger partial charge >= 0.3 is 10.1 Å². The molecule has 0 bridgehead atoms. The first kappa shape index (κ1) is 18.8. The van der Waals surface area contributed by atoms with Crippen LogP contribution in [-0.4, -0.2) is 21.4 Å². The highest BCUT2D eigenvalue weighted by molar-refractivity contribution is 7.87. The van der Waals surface area contributed by atoms with Gasteiger partial charge in [0.15, 0.2) is 0 Å². The fraction of sp³-hybridized carbons (Fsp3) is 0.278. The molecule has 0 saturated heterocycles. The average Bonchev–Trinajstić information content (AvgIpc) is 2.50. The second kappa shape index (κ2) is 7.14. The zero-order valence-corrected chi connectivity index (χ0v) is 15.7. The SMILES string of the molecule is COc1ccc(S(=O)(=O)Oc2c(C)cc(C)cc2C)cc1NC(C)=O. The second-order valence-electron chi connectivity index (χ2n) is 5.81. The fourth-order valence-corrected chi connectivity index (χ4v) is 3.66. The summed E-state index contributed by atoms with van der Waals surface area (Å²) in [5.74, 6) is 0.332. The van der Waals surface area contributed by atoms with Gasteiger partial charge in [-0.2, -0.15) is 8.42 Å². The van der Waals surface area contributed by atoms with Crippen LogP contribution in [0.25, 0.3) is 0 Å². The first-order valence-electron chi connectivity index (χ1n) is 7.62. The van der Waals surface area contributed by atoms with Crippen molar-refractivity contribution in [2.75, 3.05) is 12.4 Å². The normalized spacial score (nSPS) is 11.1. The number of hydrogen-bond acceptors (Lipinski definition) is 5. The molecule has 134 valence electrons. The number of hydrogen-bond donors (Lipinski definition) is 1. The molecule has 0 aromatic heterocycles. The van der Waals surface area contributed by atoms with Gasteiger partial charge in [-0.15, -0.1) is 0 Å². The molecule has 7 heteroatoms. The van der Waals surface area contributed by atoms with Gasteiger partial charge in [-0.25, -0.2) is 0 Å². The first-order valence-corrected chi connectivity index (χ1v) is 9.03. The van der Waals surface area contributed by atoms with Crippen molar-refractivity contribution in [3.63, 3.8) is 0 Å². The van der Waals surface area contributed by atoms with Crippen molar-refractivity contribution in [2.45, 2.75) is 32.6 Å². The molecule has 0 radical (unpaired) electrons. The Balaban J connectivity index is 2.45. The lowest BCUT2D eigenvalue weighted by Gasteiger charge is -2.15. The van der Waals surface area contributed by atoms with E-state index in [2.05, 4.69) is 5.32 Å². The smallest absolute Gasteiger partial charge is 0.339 e. The molecular formula is C18H21NO5S. The number of benzene rings is 2. The molecule has 0 heterocycles. The number of amides is 1. The number of nitrogens with one attached hydrogen (secondary N) is 1. The van der Waals surface area contributed by atoms with E-state index in [1.165, 1.54) is 32.2 Å². The van der Waals surface area contributed by atoms with Gasteiger partial charge < -0.3 is 14.2 Å². The van der Waals surface area contributed by atoms with Crippen LogP contribution in [0, 0.1) is 20.8 Å². The Morgan fingerprint density at radius 2 is 1.64 bits per heavy atom. The lowest BCUT2D eigenvalue weighted by atomic mass is 10.1. The topological polar surface area (TPSA) is 81.7 Å². The van der Waals surface area contributed by atoms with E-state index in [1.54, 1.807) is 13.8 Å². The van der Waals surface area contributed by atoms with Gasteiger partial charge in [-0.05, 0) is 50.1 Å². The van der Waals surface area contributed by atoms with Crippen LogP contribution in [0.15, 0.2) is 35.2 Å².